The first-order chi connectivity index (χ1) is 16.2. The molecule has 0 spiro atoms. The summed E-state index contributed by atoms with van der Waals surface area (Å²) in [4.78, 5) is 24.9. The minimum absolute atomic E-state index is 0.0546. The number of carbonyl (C=O) groups is 2. The maximum atomic E-state index is 12.6. The highest BCUT2D eigenvalue weighted by molar-refractivity contribution is 5.99. The zero-order chi connectivity index (χ0) is 24.3. The average molecular weight is 455 g/mol. The Morgan fingerprint density at radius 1 is 0.735 bits per heavy atom. The third-order valence-electron chi connectivity index (χ3n) is 5.36. The molecule has 1 aromatic heterocycles. The molecule has 0 saturated heterocycles. The van der Waals surface area contributed by atoms with Gasteiger partial charge in [0, 0.05) is 22.3 Å². The van der Waals surface area contributed by atoms with Crippen molar-refractivity contribution in [3.05, 3.63) is 95.1 Å². The van der Waals surface area contributed by atoms with Crippen LogP contribution in [0.1, 0.15) is 52.6 Å². The highest BCUT2D eigenvalue weighted by Crippen LogP contribution is 2.27. The number of hydrazine groups is 1. The molecule has 7 nitrogen and oxygen atoms in total. The van der Waals surface area contributed by atoms with Gasteiger partial charge < -0.3 is 4.42 Å². The van der Waals surface area contributed by atoms with Gasteiger partial charge in [0.05, 0.1) is 0 Å². The van der Waals surface area contributed by atoms with Crippen LogP contribution in [-0.4, -0.2) is 22.0 Å². The number of aryl methyl sites for hydroxylation is 1. The molecule has 0 bridgehead atoms. The van der Waals surface area contributed by atoms with Crippen LogP contribution in [0.2, 0.25) is 0 Å². The number of nitrogens with zero attached hydrogens (tertiary/aromatic N) is 2. The fourth-order valence-electron chi connectivity index (χ4n) is 3.41. The van der Waals surface area contributed by atoms with Gasteiger partial charge >= 0.3 is 0 Å². The van der Waals surface area contributed by atoms with E-state index in [0.29, 0.717) is 28.5 Å². The van der Waals surface area contributed by atoms with Crippen LogP contribution in [0.5, 0.6) is 0 Å². The SMILES string of the molecule is Cc1cccc(C(=O)NNC(=O)c2cccc(-c3nnc(-c4ccc(C(C)(C)C)cc4)o3)c2)c1. The topological polar surface area (TPSA) is 97.1 Å². The molecule has 172 valence electrons. The van der Waals surface area contributed by atoms with Crippen molar-refractivity contribution in [2.45, 2.75) is 33.1 Å². The van der Waals surface area contributed by atoms with Crippen LogP contribution in [0.4, 0.5) is 0 Å². The van der Waals surface area contributed by atoms with Gasteiger partial charge in [-0.2, -0.15) is 0 Å². The molecule has 0 unspecified atom stereocenters. The van der Waals surface area contributed by atoms with E-state index in [1.165, 1.54) is 5.56 Å². The summed E-state index contributed by atoms with van der Waals surface area (Å²) < 4.78 is 5.86. The molecular formula is C27H26N4O3. The molecule has 0 aliphatic carbocycles. The second-order valence-corrected chi connectivity index (χ2v) is 9.10. The highest BCUT2D eigenvalue weighted by Gasteiger charge is 2.16. The molecule has 2 amide bonds. The Morgan fingerprint density at radius 3 is 1.88 bits per heavy atom. The molecule has 1 heterocycles. The highest BCUT2D eigenvalue weighted by atomic mass is 16.4. The number of carbonyl (C=O) groups excluding carboxylic acids is 2. The molecule has 3 aromatic carbocycles. The minimum Gasteiger partial charge on any atom is -0.416 e. The quantitative estimate of drug-likeness (QED) is 0.419. The lowest BCUT2D eigenvalue weighted by Gasteiger charge is -2.18. The zero-order valence-electron chi connectivity index (χ0n) is 19.5. The van der Waals surface area contributed by atoms with E-state index in [1.54, 1.807) is 42.5 Å². The predicted molar refractivity (Wildman–Crippen MR) is 130 cm³/mol. The molecule has 0 radical (unpaired) electrons. The molecule has 7 heteroatoms. The van der Waals surface area contributed by atoms with Gasteiger partial charge in [0.25, 0.3) is 11.8 Å². The van der Waals surface area contributed by atoms with E-state index in [2.05, 4.69) is 54.0 Å². The van der Waals surface area contributed by atoms with E-state index in [-0.39, 0.29) is 5.41 Å². The van der Waals surface area contributed by atoms with Gasteiger partial charge in [-0.15, -0.1) is 10.2 Å². The van der Waals surface area contributed by atoms with Gasteiger partial charge in [0.15, 0.2) is 0 Å². The summed E-state index contributed by atoms with van der Waals surface area (Å²) in [5.41, 5.74) is 9.32. The predicted octanol–water partition coefficient (Wildman–Crippen LogP) is 5.08. The zero-order valence-corrected chi connectivity index (χ0v) is 19.5. The van der Waals surface area contributed by atoms with E-state index < -0.39 is 11.8 Å². The van der Waals surface area contributed by atoms with Crippen LogP contribution in [-0.2, 0) is 5.41 Å². The Labute approximate surface area is 198 Å². The van der Waals surface area contributed by atoms with Crippen molar-refractivity contribution in [3.8, 4) is 22.9 Å². The van der Waals surface area contributed by atoms with Crippen molar-refractivity contribution in [1.29, 1.82) is 0 Å². The Bertz CT molecular complexity index is 1330. The van der Waals surface area contributed by atoms with E-state index in [9.17, 15) is 9.59 Å². The van der Waals surface area contributed by atoms with Gasteiger partial charge in [0.1, 0.15) is 0 Å². The maximum Gasteiger partial charge on any atom is 0.269 e. The van der Waals surface area contributed by atoms with E-state index in [0.717, 1.165) is 11.1 Å². The number of benzene rings is 3. The Hall–Kier alpha value is -4.26. The fraction of sp³-hybridized carbons (Fsp3) is 0.185. The van der Waals surface area contributed by atoms with Crippen molar-refractivity contribution < 1.29 is 14.0 Å². The largest absolute Gasteiger partial charge is 0.416 e. The molecule has 0 fully saturated rings. The molecule has 4 rings (SSSR count). The van der Waals surface area contributed by atoms with Crippen molar-refractivity contribution in [2.75, 3.05) is 0 Å². The Kier molecular flexibility index (Phi) is 6.27. The summed E-state index contributed by atoms with van der Waals surface area (Å²) in [6, 6.07) is 21.9. The minimum atomic E-state index is -0.458. The lowest BCUT2D eigenvalue weighted by molar-refractivity contribution is 0.0846. The van der Waals surface area contributed by atoms with Gasteiger partial charge in [0.2, 0.25) is 11.8 Å². The van der Waals surface area contributed by atoms with Gasteiger partial charge in [-0.25, -0.2) is 0 Å². The lowest BCUT2D eigenvalue weighted by Crippen LogP contribution is -2.41. The summed E-state index contributed by atoms with van der Waals surface area (Å²) in [6.45, 7) is 8.36. The van der Waals surface area contributed by atoms with Gasteiger partial charge in [-0.3, -0.25) is 20.4 Å². The monoisotopic (exact) mass is 454 g/mol. The molecule has 0 atom stereocenters. The second-order valence-electron chi connectivity index (χ2n) is 9.10. The average Bonchev–Trinajstić information content (AvgIpc) is 3.32. The summed E-state index contributed by atoms with van der Waals surface area (Å²) >= 11 is 0. The van der Waals surface area contributed by atoms with Crippen molar-refractivity contribution in [3.63, 3.8) is 0 Å². The molecule has 0 aliphatic rings. The first-order valence-corrected chi connectivity index (χ1v) is 10.9. The van der Waals surface area contributed by atoms with Crippen LogP contribution >= 0.6 is 0 Å². The number of amides is 2. The maximum absolute atomic E-state index is 12.6. The molecule has 34 heavy (non-hydrogen) atoms. The normalized spacial score (nSPS) is 11.2. The second kappa shape index (κ2) is 9.31. The molecule has 2 N–H and O–H groups in total. The van der Waals surface area contributed by atoms with Gasteiger partial charge in [-0.05, 0) is 60.4 Å². The molecule has 0 saturated carbocycles. The number of rotatable bonds is 4. The molecule has 4 aromatic rings. The third kappa shape index (κ3) is 5.20. The van der Waals surface area contributed by atoms with Crippen molar-refractivity contribution in [2.24, 2.45) is 0 Å². The fourth-order valence-corrected chi connectivity index (χ4v) is 3.41. The first kappa shape index (κ1) is 22.9. The lowest BCUT2D eigenvalue weighted by atomic mass is 9.87. The van der Waals surface area contributed by atoms with Crippen LogP contribution in [0.3, 0.4) is 0 Å². The van der Waals surface area contributed by atoms with Crippen LogP contribution in [0, 0.1) is 6.92 Å². The summed E-state index contributed by atoms with van der Waals surface area (Å²) in [6.07, 6.45) is 0. The number of hydrogen-bond acceptors (Lipinski definition) is 5. The third-order valence-corrected chi connectivity index (χ3v) is 5.36. The Balaban J connectivity index is 1.46. The van der Waals surface area contributed by atoms with Crippen LogP contribution < -0.4 is 10.9 Å². The number of aromatic nitrogens is 2. The van der Waals surface area contributed by atoms with E-state index >= 15 is 0 Å². The number of nitrogens with one attached hydrogen (secondary N) is 2. The van der Waals surface area contributed by atoms with E-state index in [1.807, 2.05) is 25.1 Å². The standard InChI is InChI=1S/C27H26N4O3/c1-17-7-5-8-19(15-17)23(32)28-29-24(33)20-9-6-10-21(16-20)26-31-30-25(34-26)18-11-13-22(14-12-18)27(2,3)4/h5-16H,1-4H3,(H,28,32)(H,29,33). The summed E-state index contributed by atoms with van der Waals surface area (Å²) in [7, 11) is 0. The van der Waals surface area contributed by atoms with Crippen molar-refractivity contribution in [1.82, 2.24) is 21.0 Å². The van der Waals surface area contributed by atoms with E-state index in [4.69, 9.17) is 4.42 Å². The molecule has 0 aliphatic heterocycles. The summed E-state index contributed by atoms with van der Waals surface area (Å²) in [5, 5.41) is 8.29. The van der Waals surface area contributed by atoms with Crippen molar-refractivity contribution >= 4 is 11.8 Å². The number of hydrogen-bond donors (Lipinski definition) is 2. The Morgan fingerprint density at radius 2 is 1.29 bits per heavy atom. The molecular weight excluding hydrogens is 428 g/mol. The first-order valence-electron chi connectivity index (χ1n) is 10.9. The van der Waals surface area contributed by atoms with Gasteiger partial charge in [-0.1, -0.05) is 56.7 Å². The smallest absolute Gasteiger partial charge is 0.269 e. The summed E-state index contributed by atoms with van der Waals surface area (Å²) in [5.74, 6) is -0.156. The van der Waals surface area contributed by atoms with Crippen LogP contribution in [0.15, 0.2) is 77.2 Å². The van der Waals surface area contributed by atoms with Crippen LogP contribution in [0.25, 0.3) is 22.9 Å².